The summed E-state index contributed by atoms with van der Waals surface area (Å²) in [5.74, 6) is 0.677. The Labute approximate surface area is 127 Å². The molecule has 2 unspecified atom stereocenters. The van der Waals surface area contributed by atoms with Gasteiger partial charge < -0.3 is 10.2 Å². The second kappa shape index (κ2) is 6.44. The molecule has 2 atom stereocenters. The molecule has 1 saturated carbocycles. The van der Waals surface area contributed by atoms with E-state index in [0.29, 0.717) is 12.3 Å². The van der Waals surface area contributed by atoms with Gasteiger partial charge >= 0.3 is 0 Å². The van der Waals surface area contributed by atoms with E-state index in [2.05, 4.69) is 17.1 Å². The van der Waals surface area contributed by atoms with Crippen LogP contribution in [0.25, 0.3) is 0 Å². The highest BCUT2D eigenvalue weighted by Crippen LogP contribution is 2.28. The van der Waals surface area contributed by atoms with Crippen molar-refractivity contribution < 1.29 is 9.59 Å². The lowest BCUT2D eigenvalue weighted by molar-refractivity contribution is -0.141. The van der Waals surface area contributed by atoms with E-state index in [0.717, 1.165) is 51.9 Å². The highest BCUT2D eigenvalue weighted by molar-refractivity contribution is 6.05. The van der Waals surface area contributed by atoms with E-state index in [9.17, 15) is 9.59 Å². The summed E-state index contributed by atoms with van der Waals surface area (Å²) in [4.78, 5) is 28.6. The number of nitrogens with one attached hydrogen (secondary N) is 1. The molecule has 3 aliphatic rings. The van der Waals surface area contributed by atoms with Crippen molar-refractivity contribution in [3.8, 4) is 0 Å². The Kier molecular flexibility index (Phi) is 4.60. The van der Waals surface area contributed by atoms with Gasteiger partial charge in [0.05, 0.1) is 12.5 Å². The third-order valence-corrected chi connectivity index (χ3v) is 5.34. The quantitative estimate of drug-likeness (QED) is 0.768. The fraction of sp³-hybridized carbons (Fsp3) is 0.875. The number of hydrogen-bond donors (Lipinski definition) is 1. The molecule has 1 aliphatic carbocycles. The van der Waals surface area contributed by atoms with Crippen molar-refractivity contribution in [1.29, 1.82) is 0 Å². The third-order valence-electron chi connectivity index (χ3n) is 5.34. The highest BCUT2D eigenvalue weighted by atomic mass is 16.2. The van der Waals surface area contributed by atoms with Gasteiger partial charge in [-0.3, -0.25) is 14.5 Å². The monoisotopic (exact) mass is 293 g/mol. The fourth-order valence-electron chi connectivity index (χ4n) is 4.03. The van der Waals surface area contributed by atoms with Crippen LogP contribution in [0.1, 0.15) is 45.4 Å². The summed E-state index contributed by atoms with van der Waals surface area (Å²) in [6, 6.07) is -0.0901. The lowest BCUT2D eigenvalue weighted by Gasteiger charge is -2.22. The van der Waals surface area contributed by atoms with Gasteiger partial charge in [0, 0.05) is 12.6 Å². The zero-order valence-corrected chi connectivity index (χ0v) is 13.0. The van der Waals surface area contributed by atoms with Crippen LogP contribution in [0.2, 0.25) is 0 Å². The van der Waals surface area contributed by atoms with Crippen LogP contribution in [-0.2, 0) is 9.59 Å². The number of amides is 2. The minimum atomic E-state index is -0.270. The molecule has 3 fully saturated rings. The van der Waals surface area contributed by atoms with Crippen molar-refractivity contribution in [2.45, 2.75) is 57.5 Å². The fourth-order valence-corrected chi connectivity index (χ4v) is 4.03. The van der Waals surface area contributed by atoms with E-state index < -0.39 is 0 Å². The molecule has 21 heavy (non-hydrogen) atoms. The molecule has 0 aromatic heterocycles. The van der Waals surface area contributed by atoms with E-state index >= 15 is 0 Å². The maximum atomic E-state index is 12.5. The Morgan fingerprint density at radius 3 is 2.62 bits per heavy atom. The van der Waals surface area contributed by atoms with E-state index in [-0.39, 0.29) is 23.9 Å². The maximum Gasteiger partial charge on any atom is 0.247 e. The van der Waals surface area contributed by atoms with E-state index in [1.165, 1.54) is 6.42 Å². The van der Waals surface area contributed by atoms with Crippen molar-refractivity contribution in [3.05, 3.63) is 0 Å². The number of rotatable bonds is 5. The highest BCUT2D eigenvalue weighted by Gasteiger charge is 2.42. The molecule has 3 rings (SSSR count). The molecule has 5 nitrogen and oxygen atoms in total. The number of hydrogen-bond acceptors (Lipinski definition) is 4. The zero-order valence-electron chi connectivity index (χ0n) is 13.0. The summed E-state index contributed by atoms with van der Waals surface area (Å²) in [6.45, 7) is 6.43. The zero-order chi connectivity index (χ0) is 14.8. The van der Waals surface area contributed by atoms with Crippen LogP contribution < -0.4 is 5.32 Å². The second-order valence-corrected chi connectivity index (χ2v) is 6.75. The van der Waals surface area contributed by atoms with Crippen LogP contribution in [-0.4, -0.2) is 59.9 Å². The van der Waals surface area contributed by atoms with Gasteiger partial charge in [0.15, 0.2) is 0 Å². The first-order valence-corrected chi connectivity index (χ1v) is 8.50. The summed E-state index contributed by atoms with van der Waals surface area (Å²) in [6.07, 6.45) is 5.85. The summed E-state index contributed by atoms with van der Waals surface area (Å²) in [5, 5.41) is 3.36. The largest absolute Gasteiger partial charge is 0.305 e. The Bertz CT molecular complexity index is 406. The Morgan fingerprint density at radius 1 is 1.19 bits per heavy atom. The molecule has 0 spiro atoms. The SMILES string of the molecule is CCN1CCC(CNC2CC(=O)N(C3CCCC3)C2=O)C1. The first-order valence-electron chi connectivity index (χ1n) is 8.50. The molecule has 0 aromatic carbocycles. The normalized spacial score (nSPS) is 31.8. The Morgan fingerprint density at radius 2 is 1.95 bits per heavy atom. The average molecular weight is 293 g/mol. The average Bonchev–Trinajstić information content (AvgIpc) is 3.18. The minimum Gasteiger partial charge on any atom is -0.305 e. The van der Waals surface area contributed by atoms with Gasteiger partial charge in [0.25, 0.3) is 0 Å². The van der Waals surface area contributed by atoms with E-state index in [1.54, 1.807) is 4.90 Å². The summed E-state index contributed by atoms with van der Waals surface area (Å²) >= 11 is 0. The van der Waals surface area contributed by atoms with Gasteiger partial charge in [-0.15, -0.1) is 0 Å². The van der Waals surface area contributed by atoms with E-state index in [1.807, 2.05) is 0 Å². The molecule has 1 N–H and O–H groups in total. The smallest absolute Gasteiger partial charge is 0.247 e. The van der Waals surface area contributed by atoms with Crippen molar-refractivity contribution in [1.82, 2.24) is 15.1 Å². The lowest BCUT2D eigenvalue weighted by atomic mass is 10.1. The summed E-state index contributed by atoms with van der Waals surface area (Å²) in [7, 11) is 0. The number of nitrogens with zero attached hydrogens (tertiary/aromatic N) is 2. The predicted molar refractivity (Wildman–Crippen MR) is 80.7 cm³/mol. The summed E-state index contributed by atoms with van der Waals surface area (Å²) < 4.78 is 0. The van der Waals surface area contributed by atoms with Crippen molar-refractivity contribution in [3.63, 3.8) is 0 Å². The van der Waals surface area contributed by atoms with Gasteiger partial charge in [-0.05, 0) is 44.8 Å². The number of carbonyl (C=O) groups is 2. The van der Waals surface area contributed by atoms with Crippen LogP contribution in [0.5, 0.6) is 0 Å². The molecular weight excluding hydrogens is 266 g/mol. The molecule has 2 saturated heterocycles. The van der Waals surface area contributed by atoms with Crippen LogP contribution in [0.15, 0.2) is 0 Å². The molecule has 0 radical (unpaired) electrons. The lowest BCUT2D eigenvalue weighted by Crippen LogP contribution is -2.44. The molecule has 2 amide bonds. The van der Waals surface area contributed by atoms with Gasteiger partial charge in [0.2, 0.25) is 11.8 Å². The molecule has 5 heteroatoms. The molecular formula is C16H27N3O2. The minimum absolute atomic E-state index is 0.0252. The number of likely N-dealkylation sites (tertiary alicyclic amines) is 2. The topological polar surface area (TPSA) is 52.7 Å². The first kappa shape index (κ1) is 15.0. The molecule has 0 bridgehead atoms. The number of imide groups is 1. The standard InChI is InChI=1S/C16H27N3O2/c1-2-18-8-7-12(11-18)10-17-14-9-15(20)19(16(14)21)13-5-3-4-6-13/h12-14,17H,2-11H2,1H3. The van der Waals surface area contributed by atoms with Crippen molar-refractivity contribution >= 4 is 11.8 Å². The molecule has 2 heterocycles. The van der Waals surface area contributed by atoms with E-state index in [4.69, 9.17) is 0 Å². The summed E-state index contributed by atoms with van der Waals surface area (Å²) in [5.41, 5.74) is 0. The van der Waals surface area contributed by atoms with Crippen molar-refractivity contribution in [2.75, 3.05) is 26.2 Å². The predicted octanol–water partition coefficient (Wildman–Crippen LogP) is 0.988. The maximum absolute atomic E-state index is 12.5. The van der Waals surface area contributed by atoms with Crippen LogP contribution in [0, 0.1) is 5.92 Å². The molecule has 118 valence electrons. The Hall–Kier alpha value is -0.940. The third kappa shape index (κ3) is 3.14. The first-order chi connectivity index (χ1) is 10.2. The van der Waals surface area contributed by atoms with Crippen molar-refractivity contribution in [2.24, 2.45) is 5.92 Å². The van der Waals surface area contributed by atoms with Crippen LogP contribution >= 0.6 is 0 Å². The number of carbonyl (C=O) groups excluding carboxylic acids is 2. The van der Waals surface area contributed by atoms with Crippen LogP contribution in [0.3, 0.4) is 0 Å². The second-order valence-electron chi connectivity index (χ2n) is 6.75. The molecule has 2 aliphatic heterocycles. The van der Waals surface area contributed by atoms with Gasteiger partial charge in [-0.25, -0.2) is 0 Å². The van der Waals surface area contributed by atoms with Gasteiger partial charge in [0.1, 0.15) is 0 Å². The van der Waals surface area contributed by atoms with Gasteiger partial charge in [-0.2, -0.15) is 0 Å². The molecule has 0 aromatic rings. The van der Waals surface area contributed by atoms with Gasteiger partial charge in [-0.1, -0.05) is 19.8 Å². The Balaban J connectivity index is 1.50. The van der Waals surface area contributed by atoms with Crippen LogP contribution in [0.4, 0.5) is 0 Å².